The third kappa shape index (κ3) is 1.39. The number of rotatable bonds is 1. The predicted octanol–water partition coefficient (Wildman–Crippen LogP) is 2.25. The van der Waals surface area contributed by atoms with E-state index in [1.54, 1.807) is 11.3 Å². The fourth-order valence-electron chi connectivity index (χ4n) is 1.03. The first kappa shape index (κ1) is 7.76. The highest BCUT2D eigenvalue weighted by Gasteiger charge is 2.17. The van der Waals surface area contributed by atoms with Crippen LogP contribution >= 0.6 is 11.3 Å². The van der Waals surface area contributed by atoms with E-state index in [1.807, 2.05) is 13.8 Å². The van der Waals surface area contributed by atoms with Gasteiger partial charge < -0.3 is 5.73 Å². The first-order chi connectivity index (χ1) is 4.52. The predicted molar refractivity (Wildman–Crippen MR) is 46.3 cm³/mol. The molecule has 0 amide bonds. The topological polar surface area (TPSA) is 26.0 Å². The summed E-state index contributed by atoms with van der Waals surface area (Å²) in [7, 11) is 0. The number of hydrogen-bond acceptors (Lipinski definition) is 2. The molecular weight excluding hydrogens is 142 g/mol. The maximum atomic E-state index is 5.91. The molecular formula is C8H13NS. The minimum atomic E-state index is -0.168. The van der Waals surface area contributed by atoms with Crippen LogP contribution in [0.5, 0.6) is 0 Å². The van der Waals surface area contributed by atoms with E-state index in [2.05, 4.69) is 18.4 Å². The van der Waals surface area contributed by atoms with Crippen molar-refractivity contribution in [2.45, 2.75) is 26.3 Å². The standard InChI is InChI=1S/C8H13NS/c1-6-4-5-10-7(6)8(2,3)9/h4-5H,9H2,1-3H3. The Morgan fingerprint density at radius 1 is 1.50 bits per heavy atom. The van der Waals surface area contributed by atoms with Crippen LogP contribution in [0.1, 0.15) is 24.3 Å². The maximum absolute atomic E-state index is 5.91. The van der Waals surface area contributed by atoms with Crippen LogP contribution in [-0.2, 0) is 5.54 Å². The fraction of sp³-hybridized carbons (Fsp3) is 0.500. The zero-order valence-electron chi connectivity index (χ0n) is 6.64. The molecule has 0 atom stereocenters. The van der Waals surface area contributed by atoms with Crippen LogP contribution in [0.3, 0.4) is 0 Å². The molecule has 0 radical (unpaired) electrons. The first-order valence-electron chi connectivity index (χ1n) is 3.35. The van der Waals surface area contributed by atoms with Crippen molar-refractivity contribution in [1.29, 1.82) is 0 Å². The van der Waals surface area contributed by atoms with E-state index in [4.69, 9.17) is 5.73 Å². The van der Waals surface area contributed by atoms with E-state index in [1.165, 1.54) is 10.4 Å². The Morgan fingerprint density at radius 2 is 2.10 bits per heavy atom. The van der Waals surface area contributed by atoms with Gasteiger partial charge in [0.1, 0.15) is 0 Å². The average molecular weight is 155 g/mol. The summed E-state index contributed by atoms with van der Waals surface area (Å²) in [6, 6.07) is 2.11. The minimum Gasteiger partial charge on any atom is -0.321 e. The van der Waals surface area contributed by atoms with Crippen LogP contribution in [0.25, 0.3) is 0 Å². The summed E-state index contributed by atoms with van der Waals surface area (Å²) in [5.74, 6) is 0. The molecule has 0 aliphatic rings. The Balaban J connectivity index is 3.05. The maximum Gasteiger partial charge on any atom is 0.0449 e. The van der Waals surface area contributed by atoms with Crippen molar-refractivity contribution in [3.8, 4) is 0 Å². The molecule has 2 N–H and O–H groups in total. The lowest BCUT2D eigenvalue weighted by Gasteiger charge is -2.17. The van der Waals surface area contributed by atoms with Gasteiger partial charge in [-0.2, -0.15) is 0 Å². The summed E-state index contributed by atoms with van der Waals surface area (Å²) in [5, 5.41) is 2.08. The van der Waals surface area contributed by atoms with Gasteiger partial charge in [0.15, 0.2) is 0 Å². The van der Waals surface area contributed by atoms with Crippen molar-refractivity contribution in [3.63, 3.8) is 0 Å². The molecule has 0 saturated heterocycles. The second-order valence-corrected chi connectivity index (χ2v) is 4.07. The normalized spacial score (nSPS) is 12.0. The molecule has 0 aliphatic carbocycles. The van der Waals surface area contributed by atoms with E-state index >= 15 is 0 Å². The molecule has 0 fully saturated rings. The van der Waals surface area contributed by atoms with Gasteiger partial charge in [0, 0.05) is 10.4 Å². The second kappa shape index (κ2) is 2.36. The van der Waals surface area contributed by atoms with E-state index in [0.29, 0.717) is 0 Å². The largest absolute Gasteiger partial charge is 0.321 e. The molecule has 0 aliphatic heterocycles. The van der Waals surface area contributed by atoms with Gasteiger partial charge in [0.05, 0.1) is 0 Å². The Morgan fingerprint density at radius 3 is 2.30 bits per heavy atom. The van der Waals surface area contributed by atoms with Crippen LogP contribution in [0.4, 0.5) is 0 Å². The van der Waals surface area contributed by atoms with E-state index < -0.39 is 0 Å². The SMILES string of the molecule is Cc1ccsc1C(C)(C)N. The van der Waals surface area contributed by atoms with Crippen molar-refractivity contribution in [1.82, 2.24) is 0 Å². The van der Waals surface area contributed by atoms with Crippen molar-refractivity contribution in [3.05, 3.63) is 21.9 Å². The van der Waals surface area contributed by atoms with Gasteiger partial charge >= 0.3 is 0 Å². The summed E-state index contributed by atoms with van der Waals surface area (Å²) in [6.45, 7) is 6.16. The molecule has 0 saturated carbocycles. The first-order valence-corrected chi connectivity index (χ1v) is 4.23. The number of thiophene rings is 1. The van der Waals surface area contributed by atoms with E-state index in [9.17, 15) is 0 Å². The van der Waals surface area contributed by atoms with Crippen molar-refractivity contribution >= 4 is 11.3 Å². The van der Waals surface area contributed by atoms with Gasteiger partial charge in [-0.3, -0.25) is 0 Å². The summed E-state index contributed by atoms with van der Waals surface area (Å²) in [4.78, 5) is 1.28. The molecule has 0 spiro atoms. The quantitative estimate of drug-likeness (QED) is 0.661. The molecule has 0 unspecified atom stereocenters. The average Bonchev–Trinajstić information content (AvgIpc) is 2.11. The van der Waals surface area contributed by atoms with Crippen LogP contribution in [0.2, 0.25) is 0 Å². The molecule has 2 heteroatoms. The lowest BCUT2D eigenvalue weighted by molar-refractivity contribution is 0.564. The third-order valence-electron chi connectivity index (χ3n) is 1.45. The van der Waals surface area contributed by atoms with Gasteiger partial charge in [-0.15, -0.1) is 11.3 Å². The van der Waals surface area contributed by atoms with Gasteiger partial charge in [0.2, 0.25) is 0 Å². The molecule has 0 aromatic carbocycles. The summed E-state index contributed by atoms with van der Waals surface area (Å²) < 4.78 is 0. The molecule has 10 heavy (non-hydrogen) atoms. The van der Waals surface area contributed by atoms with Crippen LogP contribution in [0.15, 0.2) is 11.4 Å². The third-order valence-corrected chi connectivity index (χ3v) is 2.80. The molecule has 1 nitrogen and oxygen atoms in total. The molecule has 1 aromatic rings. The molecule has 1 heterocycles. The zero-order chi connectivity index (χ0) is 7.78. The smallest absolute Gasteiger partial charge is 0.0449 e. The van der Waals surface area contributed by atoms with Crippen LogP contribution in [0, 0.1) is 6.92 Å². The Labute approximate surface area is 65.9 Å². The lowest BCUT2D eigenvalue weighted by Crippen LogP contribution is -2.28. The van der Waals surface area contributed by atoms with E-state index in [0.717, 1.165) is 0 Å². The van der Waals surface area contributed by atoms with E-state index in [-0.39, 0.29) is 5.54 Å². The molecule has 1 aromatic heterocycles. The van der Waals surface area contributed by atoms with Crippen LogP contribution in [-0.4, -0.2) is 0 Å². The van der Waals surface area contributed by atoms with Gasteiger partial charge in [-0.05, 0) is 37.8 Å². The molecule has 56 valence electrons. The monoisotopic (exact) mass is 155 g/mol. The van der Waals surface area contributed by atoms with Crippen LogP contribution < -0.4 is 5.73 Å². The fourth-order valence-corrected chi connectivity index (χ4v) is 2.00. The minimum absolute atomic E-state index is 0.168. The lowest BCUT2D eigenvalue weighted by atomic mass is 10.0. The number of aryl methyl sites for hydroxylation is 1. The van der Waals surface area contributed by atoms with Crippen molar-refractivity contribution in [2.24, 2.45) is 5.73 Å². The highest BCUT2D eigenvalue weighted by atomic mass is 32.1. The summed E-state index contributed by atoms with van der Waals surface area (Å²) in [6.07, 6.45) is 0. The highest BCUT2D eigenvalue weighted by Crippen LogP contribution is 2.25. The summed E-state index contributed by atoms with van der Waals surface area (Å²) >= 11 is 1.73. The Hall–Kier alpha value is -0.340. The molecule has 1 rings (SSSR count). The van der Waals surface area contributed by atoms with Crippen molar-refractivity contribution < 1.29 is 0 Å². The molecule has 0 bridgehead atoms. The Kier molecular flexibility index (Phi) is 1.84. The summed E-state index contributed by atoms with van der Waals surface area (Å²) in [5.41, 5.74) is 7.05. The highest BCUT2D eigenvalue weighted by molar-refractivity contribution is 7.10. The van der Waals surface area contributed by atoms with Gasteiger partial charge in [0.25, 0.3) is 0 Å². The van der Waals surface area contributed by atoms with Crippen molar-refractivity contribution in [2.75, 3.05) is 0 Å². The van der Waals surface area contributed by atoms with Gasteiger partial charge in [-0.25, -0.2) is 0 Å². The number of hydrogen-bond donors (Lipinski definition) is 1. The zero-order valence-corrected chi connectivity index (χ0v) is 7.46. The Bertz CT molecular complexity index is 219. The number of nitrogens with two attached hydrogens (primary N) is 1. The second-order valence-electron chi connectivity index (χ2n) is 3.15. The van der Waals surface area contributed by atoms with Gasteiger partial charge in [-0.1, -0.05) is 0 Å².